The molecule has 0 N–H and O–H groups in total. The number of para-hydroxylation sites is 2. The van der Waals surface area contributed by atoms with Crippen molar-refractivity contribution >= 4 is 16.6 Å². The van der Waals surface area contributed by atoms with Crippen molar-refractivity contribution in [2.24, 2.45) is 0 Å². The first-order chi connectivity index (χ1) is 13.6. The molecule has 0 atom stereocenters. The Morgan fingerprint density at radius 1 is 0.536 bits per heavy atom. The molecule has 0 unspecified atom stereocenters. The molecule has 2 aromatic rings. The van der Waals surface area contributed by atoms with Gasteiger partial charge in [0.05, 0.1) is 0 Å². The van der Waals surface area contributed by atoms with Gasteiger partial charge in [0.2, 0.25) is 0 Å². The molecular weight excluding hydrogens is 376 g/mol. The fraction of sp³-hybridized carbons (Fsp3) is 0.500. The van der Waals surface area contributed by atoms with Gasteiger partial charge in [-0.2, -0.15) is 0 Å². The molecule has 0 saturated carbocycles. The highest BCUT2D eigenvalue weighted by atomic mass is 28.4. The molecule has 0 aliphatic heterocycles. The van der Waals surface area contributed by atoms with Gasteiger partial charge in [-0.15, -0.1) is 0 Å². The summed E-state index contributed by atoms with van der Waals surface area (Å²) in [5.74, 6) is 2.10. The predicted molar refractivity (Wildman–Crippen MR) is 126 cm³/mol. The Hall–Kier alpha value is -1.53. The van der Waals surface area contributed by atoms with Crippen LogP contribution in [0, 0.1) is 0 Å². The molecule has 0 heterocycles. The van der Waals surface area contributed by atoms with Gasteiger partial charge in [-0.1, -0.05) is 76.9 Å². The van der Waals surface area contributed by atoms with E-state index in [1.54, 1.807) is 0 Å². The summed E-state index contributed by atoms with van der Waals surface area (Å²) in [6.07, 6.45) is 2.52. The van der Waals surface area contributed by atoms with E-state index in [9.17, 15) is 0 Å². The topological polar surface area (TPSA) is 18.5 Å². The lowest BCUT2D eigenvalue weighted by Crippen LogP contribution is -2.41. The minimum absolute atomic E-state index is 1.05. The standard InChI is InChI=1S/C24H38O2Si2/c1-5-27(6-2,25-23-17-11-9-12-18-23)21-15-16-22-28(7-3,8-4)26-24-19-13-10-14-20-24/h9-14,17-20H,5-8,15-16,21-22H2,1-4H3. The molecule has 0 aromatic heterocycles. The first-order valence-electron chi connectivity index (χ1n) is 11.1. The maximum absolute atomic E-state index is 6.60. The molecule has 28 heavy (non-hydrogen) atoms. The van der Waals surface area contributed by atoms with Crippen LogP contribution in [0.3, 0.4) is 0 Å². The maximum Gasteiger partial charge on any atom is 0.250 e. The van der Waals surface area contributed by atoms with Crippen molar-refractivity contribution in [3.8, 4) is 11.5 Å². The van der Waals surface area contributed by atoms with Crippen molar-refractivity contribution in [2.75, 3.05) is 0 Å². The van der Waals surface area contributed by atoms with Crippen LogP contribution in [-0.4, -0.2) is 16.6 Å². The minimum atomic E-state index is -1.70. The van der Waals surface area contributed by atoms with E-state index >= 15 is 0 Å². The molecule has 2 aromatic carbocycles. The first kappa shape index (κ1) is 22.8. The van der Waals surface area contributed by atoms with Crippen LogP contribution >= 0.6 is 0 Å². The van der Waals surface area contributed by atoms with Gasteiger partial charge in [-0.3, -0.25) is 0 Å². The highest BCUT2D eigenvalue weighted by molar-refractivity contribution is 6.75. The van der Waals surface area contributed by atoms with Crippen LogP contribution < -0.4 is 8.85 Å². The number of hydrogen-bond donors (Lipinski definition) is 0. The van der Waals surface area contributed by atoms with Gasteiger partial charge in [0.25, 0.3) is 16.6 Å². The fourth-order valence-corrected chi connectivity index (χ4v) is 10.2. The smallest absolute Gasteiger partial charge is 0.250 e. The lowest BCUT2D eigenvalue weighted by Gasteiger charge is -2.32. The Labute approximate surface area is 174 Å². The Bertz CT molecular complexity index is 593. The van der Waals surface area contributed by atoms with Gasteiger partial charge in [0.1, 0.15) is 11.5 Å². The molecule has 0 aliphatic carbocycles. The molecule has 0 saturated heterocycles. The van der Waals surface area contributed by atoms with Crippen LogP contribution in [0.4, 0.5) is 0 Å². The molecule has 4 heteroatoms. The van der Waals surface area contributed by atoms with E-state index < -0.39 is 16.6 Å². The van der Waals surface area contributed by atoms with Crippen molar-refractivity contribution in [3.05, 3.63) is 60.7 Å². The molecule has 0 spiro atoms. The third-order valence-corrected chi connectivity index (χ3v) is 15.3. The van der Waals surface area contributed by atoms with Crippen LogP contribution in [0.25, 0.3) is 0 Å². The lowest BCUT2D eigenvalue weighted by atomic mass is 10.3. The molecule has 0 aliphatic rings. The van der Waals surface area contributed by atoms with Gasteiger partial charge in [-0.05, 0) is 60.5 Å². The Morgan fingerprint density at radius 3 is 1.14 bits per heavy atom. The summed E-state index contributed by atoms with van der Waals surface area (Å²) < 4.78 is 13.2. The second kappa shape index (κ2) is 11.5. The summed E-state index contributed by atoms with van der Waals surface area (Å²) >= 11 is 0. The first-order valence-corrected chi connectivity index (χ1v) is 16.1. The van der Waals surface area contributed by atoms with Crippen LogP contribution in [-0.2, 0) is 0 Å². The van der Waals surface area contributed by atoms with Gasteiger partial charge in [0.15, 0.2) is 0 Å². The van der Waals surface area contributed by atoms with Crippen LogP contribution in [0.15, 0.2) is 60.7 Å². The highest BCUT2D eigenvalue weighted by Crippen LogP contribution is 2.31. The summed E-state index contributed by atoms with van der Waals surface area (Å²) in [7, 11) is -3.40. The van der Waals surface area contributed by atoms with E-state index in [-0.39, 0.29) is 0 Å². The SMILES string of the molecule is CC[Si](CC)(CCCC[Si](CC)(CC)Oc1ccccc1)Oc1ccccc1. The van der Waals surface area contributed by atoms with Crippen LogP contribution in [0.2, 0.25) is 36.3 Å². The summed E-state index contributed by atoms with van der Waals surface area (Å²) in [5, 5.41) is 0. The molecule has 0 fully saturated rings. The lowest BCUT2D eigenvalue weighted by molar-refractivity contribution is 0.514. The van der Waals surface area contributed by atoms with Crippen molar-refractivity contribution in [3.63, 3.8) is 0 Å². The second-order valence-corrected chi connectivity index (χ2v) is 16.8. The third kappa shape index (κ3) is 6.52. The number of benzene rings is 2. The third-order valence-electron chi connectivity index (χ3n) is 6.25. The van der Waals surface area contributed by atoms with Crippen LogP contribution in [0.1, 0.15) is 40.5 Å². The largest absolute Gasteiger partial charge is 0.543 e. The number of rotatable bonds is 13. The van der Waals surface area contributed by atoms with Gasteiger partial charge >= 0.3 is 0 Å². The second-order valence-electron chi connectivity index (χ2n) is 7.82. The number of hydrogen-bond acceptors (Lipinski definition) is 2. The average molecular weight is 415 g/mol. The summed E-state index contributed by atoms with van der Waals surface area (Å²) in [5.41, 5.74) is 0. The molecular formula is C24H38O2Si2. The van der Waals surface area contributed by atoms with Gasteiger partial charge in [0, 0.05) is 0 Å². The molecule has 2 rings (SSSR count). The summed E-state index contributed by atoms with van der Waals surface area (Å²) in [4.78, 5) is 0. The van der Waals surface area contributed by atoms with Crippen LogP contribution in [0.5, 0.6) is 11.5 Å². The quantitative estimate of drug-likeness (QED) is 0.245. The Morgan fingerprint density at radius 2 is 0.857 bits per heavy atom. The minimum Gasteiger partial charge on any atom is -0.543 e. The normalized spacial score (nSPS) is 12.0. The van der Waals surface area contributed by atoms with E-state index in [1.807, 2.05) is 0 Å². The van der Waals surface area contributed by atoms with Crippen molar-refractivity contribution in [1.29, 1.82) is 0 Å². The summed E-state index contributed by atoms with van der Waals surface area (Å²) in [6.45, 7) is 9.26. The zero-order valence-electron chi connectivity index (χ0n) is 18.2. The predicted octanol–water partition coefficient (Wildman–Crippen LogP) is 7.90. The molecule has 154 valence electrons. The molecule has 0 amide bonds. The monoisotopic (exact) mass is 414 g/mol. The summed E-state index contributed by atoms with van der Waals surface area (Å²) in [6, 6.07) is 28.0. The average Bonchev–Trinajstić information content (AvgIpc) is 2.76. The molecule has 0 radical (unpaired) electrons. The zero-order chi connectivity index (χ0) is 20.3. The van der Waals surface area contributed by atoms with E-state index in [0.717, 1.165) is 11.5 Å². The maximum atomic E-state index is 6.60. The molecule has 0 bridgehead atoms. The fourth-order valence-electron chi connectivity index (χ4n) is 3.97. The van der Waals surface area contributed by atoms with E-state index in [1.165, 1.54) is 49.1 Å². The van der Waals surface area contributed by atoms with Gasteiger partial charge < -0.3 is 8.85 Å². The van der Waals surface area contributed by atoms with E-state index in [2.05, 4.69) is 88.4 Å². The number of unbranched alkanes of at least 4 members (excludes halogenated alkanes) is 1. The Balaban J connectivity index is 1.93. The van der Waals surface area contributed by atoms with E-state index in [4.69, 9.17) is 8.85 Å². The highest BCUT2D eigenvalue weighted by Gasteiger charge is 2.35. The Kier molecular flexibility index (Phi) is 9.32. The molecule has 2 nitrogen and oxygen atoms in total. The van der Waals surface area contributed by atoms with Gasteiger partial charge in [-0.25, -0.2) is 0 Å². The zero-order valence-corrected chi connectivity index (χ0v) is 20.2. The van der Waals surface area contributed by atoms with Crippen molar-refractivity contribution in [1.82, 2.24) is 0 Å². The van der Waals surface area contributed by atoms with E-state index in [0.29, 0.717) is 0 Å². The van der Waals surface area contributed by atoms with Crippen molar-refractivity contribution in [2.45, 2.75) is 76.8 Å². The van der Waals surface area contributed by atoms with Crippen molar-refractivity contribution < 1.29 is 8.85 Å².